The van der Waals surface area contributed by atoms with Gasteiger partial charge in [-0.1, -0.05) is 30.3 Å². The van der Waals surface area contributed by atoms with Crippen molar-refractivity contribution in [2.45, 2.75) is 6.92 Å². The van der Waals surface area contributed by atoms with Crippen LogP contribution in [-0.4, -0.2) is 20.8 Å². The summed E-state index contributed by atoms with van der Waals surface area (Å²) >= 11 is 0. The third-order valence-corrected chi connectivity index (χ3v) is 2.79. The van der Waals surface area contributed by atoms with Crippen molar-refractivity contribution < 1.29 is 0 Å². The number of nitrogens with zero attached hydrogens (tertiary/aromatic N) is 3. The van der Waals surface area contributed by atoms with Gasteiger partial charge in [-0.15, -0.1) is 0 Å². The van der Waals surface area contributed by atoms with Crippen molar-refractivity contribution in [2.24, 2.45) is 0 Å². The van der Waals surface area contributed by atoms with E-state index in [0.717, 1.165) is 16.8 Å². The van der Waals surface area contributed by atoms with Gasteiger partial charge in [0.25, 0.3) is 0 Å². The molecule has 2 N–H and O–H groups in total. The molecule has 0 radical (unpaired) electrons. The smallest absolute Gasteiger partial charge is 0.180 e. The van der Waals surface area contributed by atoms with E-state index in [0.29, 0.717) is 17.3 Å². The predicted molar refractivity (Wildman–Crippen MR) is 79.8 cm³/mol. The van der Waals surface area contributed by atoms with Crippen LogP contribution in [0, 0.1) is 5.41 Å². The first kappa shape index (κ1) is 12.2. The first-order valence-electron chi connectivity index (χ1n) is 6.24. The van der Waals surface area contributed by atoms with Gasteiger partial charge in [-0.25, -0.2) is 9.97 Å². The fourth-order valence-electron chi connectivity index (χ4n) is 1.91. The van der Waals surface area contributed by atoms with Crippen LogP contribution in [0.25, 0.3) is 22.4 Å². The topological polar surface area (TPSA) is 74.6 Å². The lowest BCUT2D eigenvalue weighted by molar-refractivity contribution is 1.22. The Balaban J connectivity index is 2.07. The molecule has 98 valence electrons. The number of rotatable bonds is 2. The summed E-state index contributed by atoms with van der Waals surface area (Å²) in [5, 5.41) is 10.3. The van der Waals surface area contributed by atoms with Crippen LogP contribution in [0.4, 0.5) is 5.82 Å². The number of benzene rings is 1. The summed E-state index contributed by atoms with van der Waals surface area (Å²) < 4.78 is 0. The number of anilines is 1. The van der Waals surface area contributed by atoms with Gasteiger partial charge in [-0.3, -0.25) is 10.4 Å². The highest BCUT2D eigenvalue weighted by Crippen LogP contribution is 2.18. The molecule has 2 heterocycles. The summed E-state index contributed by atoms with van der Waals surface area (Å²) in [4.78, 5) is 13.3. The largest absolute Gasteiger partial charge is 0.329 e. The van der Waals surface area contributed by atoms with Gasteiger partial charge < -0.3 is 5.32 Å². The molecule has 0 aliphatic carbocycles. The van der Waals surface area contributed by atoms with Crippen molar-refractivity contribution in [3.8, 4) is 11.3 Å². The Hall–Kier alpha value is -2.82. The quantitative estimate of drug-likeness (QED) is 0.550. The average Bonchev–Trinajstić information content (AvgIpc) is 2.47. The van der Waals surface area contributed by atoms with Crippen LogP contribution in [0.1, 0.15) is 6.92 Å². The minimum absolute atomic E-state index is 0.337. The molecule has 3 aromatic rings. The van der Waals surface area contributed by atoms with Crippen LogP contribution in [0.2, 0.25) is 0 Å². The highest BCUT2D eigenvalue weighted by Gasteiger charge is 2.04. The van der Waals surface area contributed by atoms with E-state index in [1.54, 1.807) is 19.2 Å². The van der Waals surface area contributed by atoms with Crippen molar-refractivity contribution in [1.82, 2.24) is 15.0 Å². The van der Waals surface area contributed by atoms with Crippen LogP contribution in [0.3, 0.4) is 0 Å². The van der Waals surface area contributed by atoms with Crippen LogP contribution >= 0.6 is 0 Å². The van der Waals surface area contributed by atoms with E-state index in [4.69, 9.17) is 5.41 Å². The molecule has 0 spiro atoms. The molecule has 0 saturated carbocycles. The molecular formula is C15H13N5. The first-order chi connectivity index (χ1) is 9.72. The van der Waals surface area contributed by atoms with Crippen LogP contribution in [-0.2, 0) is 0 Å². The van der Waals surface area contributed by atoms with Gasteiger partial charge in [0.15, 0.2) is 5.65 Å². The number of amidine groups is 1. The Morgan fingerprint density at radius 2 is 1.85 bits per heavy atom. The fourth-order valence-corrected chi connectivity index (χ4v) is 1.91. The normalized spacial score (nSPS) is 10.4. The third-order valence-electron chi connectivity index (χ3n) is 2.79. The van der Waals surface area contributed by atoms with Crippen molar-refractivity contribution in [1.29, 1.82) is 5.41 Å². The maximum atomic E-state index is 7.43. The molecule has 3 rings (SSSR count). The number of pyridine rings is 1. The highest BCUT2D eigenvalue weighted by molar-refractivity contribution is 5.91. The molecule has 0 aliphatic rings. The molecule has 2 aromatic heterocycles. The molecule has 0 saturated heterocycles. The Morgan fingerprint density at radius 3 is 2.60 bits per heavy atom. The number of hydrogen-bond acceptors (Lipinski definition) is 4. The molecule has 0 fully saturated rings. The third kappa shape index (κ3) is 2.47. The average molecular weight is 263 g/mol. The second-order valence-electron chi connectivity index (χ2n) is 4.41. The molecule has 0 unspecified atom stereocenters. The number of fused-ring (bicyclic) bond motifs is 1. The van der Waals surface area contributed by atoms with Crippen molar-refractivity contribution >= 4 is 22.8 Å². The van der Waals surface area contributed by atoms with E-state index in [9.17, 15) is 0 Å². The van der Waals surface area contributed by atoms with Crippen LogP contribution < -0.4 is 5.32 Å². The lowest BCUT2D eigenvalue weighted by atomic mass is 10.2. The molecule has 0 atom stereocenters. The van der Waals surface area contributed by atoms with Gasteiger partial charge >= 0.3 is 0 Å². The summed E-state index contributed by atoms with van der Waals surface area (Å²) in [6, 6.07) is 13.5. The SMILES string of the molecule is CC(=N)Nc1ccc2ncc(-c3ccccc3)nc2n1. The van der Waals surface area contributed by atoms with Crippen molar-refractivity contribution in [3.63, 3.8) is 0 Å². The van der Waals surface area contributed by atoms with E-state index in [1.165, 1.54) is 0 Å². The summed E-state index contributed by atoms with van der Waals surface area (Å²) in [6.07, 6.45) is 1.74. The highest BCUT2D eigenvalue weighted by atomic mass is 15.0. The predicted octanol–water partition coefficient (Wildman–Crippen LogP) is 3.10. The Morgan fingerprint density at radius 1 is 1.05 bits per heavy atom. The minimum atomic E-state index is 0.337. The van der Waals surface area contributed by atoms with E-state index in [-0.39, 0.29) is 0 Å². The zero-order chi connectivity index (χ0) is 13.9. The lowest BCUT2D eigenvalue weighted by Gasteiger charge is -2.05. The minimum Gasteiger partial charge on any atom is -0.329 e. The Kier molecular flexibility index (Phi) is 3.09. The number of aromatic nitrogens is 3. The molecule has 5 heteroatoms. The van der Waals surface area contributed by atoms with Crippen molar-refractivity contribution in [2.75, 3.05) is 5.32 Å². The second-order valence-corrected chi connectivity index (χ2v) is 4.41. The monoisotopic (exact) mass is 263 g/mol. The van der Waals surface area contributed by atoms with Gasteiger partial charge in [-0.2, -0.15) is 0 Å². The van der Waals surface area contributed by atoms with Crippen LogP contribution in [0.15, 0.2) is 48.7 Å². The first-order valence-corrected chi connectivity index (χ1v) is 6.24. The Bertz CT molecular complexity index is 768. The summed E-state index contributed by atoms with van der Waals surface area (Å²) in [7, 11) is 0. The lowest BCUT2D eigenvalue weighted by Crippen LogP contribution is -2.06. The fraction of sp³-hybridized carbons (Fsp3) is 0.0667. The molecular weight excluding hydrogens is 250 g/mol. The van der Waals surface area contributed by atoms with Gasteiger partial charge in [-0.05, 0) is 19.1 Å². The van der Waals surface area contributed by atoms with E-state index < -0.39 is 0 Å². The molecule has 20 heavy (non-hydrogen) atoms. The maximum absolute atomic E-state index is 7.43. The van der Waals surface area contributed by atoms with E-state index in [1.807, 2.05) is 36.4 Å². The molecule has 5 nitrogen and oxygen atoms in total. The van der Waals surface area contributed by atoms with Gasteiger partial charge in [0.1, 0.15) is 11.3 Å². The van der Waals surface area contributed by atoms with E-state index >= 15 is 0 Å². The van der Waals surface area contributed by atoms with Crippen molar-refractivity contribution in [3.05, 3.63) is 48.7 Å². The van der Waals surface area contributed by atoms with Gasteiger partial charge in [0.2, 0.25) is 0 Å². The number of hydrogen-bond donors (Lipinski definition) is 2. The van der Waals surface area contributed by atoms with Gasteiger partial charge in [0.05, 0.1) is 17.7 Å². The number of nitrogens with one attached hydrogen (secondary N) is 2. The zero-order valence-electron chi connectivity index (χ0n) is 11.0. The van der Waals surface area contributed by atoms with Crippen LogP contribution in [0.5, 0.6) is 0 Å². The molecule has 0 amide bonds. The summed E-state index contributed by atoms with van der Waals surface area (Å²) in [5.74, 6) is 0.938. The summed E-state index contributed by atoms with van der Waals surface area (Å²) in [5.41, 5.74) is 3.09. The Labute approximate surface area is 116 Å². The standard InChI is InChI=1S/C15H13N5/c1-10(16)18-14-8-7-12-15(20-14)19-13(9-17-12)11-5-3-2-4-6-11/h2-9H,1H3,(H2,16,18,19,20). The molecule has 0 bridgehead atoms. The summed E-state index contributed by atoms with van der Waals surface area (Å²) in [6.45, 7) is 1.66. The zero-order valence-corrected chi connectivity index (χ0v) is 11.0. The second kappa shape index (κ2) is 5.05. The van der Waals surface area contributed by atoms with Gasteiger partial charge in [0, 0.05) is 5.56 Å². The van der Waals surface area contributed by atoms with E-state index in [2.05, 4.69) is 20.3 Å². The molecule has 0 aliphatic heterocycles. The maximum Gasteiger partial charge on any atom is 0.180 e. The molecule has 1 aromatic carbocycles.